The summed E-state index contributed by atoms with van der Waals surface area (Å²) in [4.78, 5) is 27.2. The number of carbonyl (C=O) groups excluding carboxylic acids is 2. The number of benzene rings is 3. The molecule has 0 heterocycles. The molecule has 0 fully saturated rings. The molecule has 0 saturated carbocycles. The predicted octanol–water partition coefficient (Wildman–Crippen LogP) is 4.59. The number of hydrogen-bond acceptors (Lipinski definition) is 3. The molecule has 0 spiro atoms. The molecule has 1 atom stereocenters. The van der Waals surface area contributed by atoms with Crippen molar-refractivity contribution in [2.75, 3.05) is 6.61 Å². The summed E-state index contributed by atoms with van der Waals surface area (Å²) >= 11 is 6.16. The Morgan fingerprint density at radius 3 is 2.34 bits per heavy atom. The highest BCUT2D eigenvalue weighted by Gasteiger charge is 2.26. The van der Waals surface area contributed by atoms with Crippen LogP contribution in [0.4, 0.5) is 4.39 Å². The SMILES string of the molecule is C[C@@H](C(=O)NCc1ccccc1Cl)N(Cc1ccc(F)cc1)C(=O)COc1ccccc1. The summed E-state index contributed by atoms with van der Waals surface area (Å²) in [5.74, 6) is -0.512. The number of para-hydroxylation sites is 1. The minimum atomic E-state index is -0.783. The van der Waals surface area contributed by atoms with E-state index in [2.05, 4.69) is 5.32 Å². The zero-order chi connectivity index (χ0) is 22.9. The number of amides is 2. The van der Waals surface area contributed by atoms with Crippen molar-refractivity contribution in [1.29, 1.82) is 0 Å². The first-order valence-electron chi connectivity index (χ1n) is 10.2. The van der Waals surface area contributed by atoms with Gasteiger partial charge in [-0.1, -0.05) is 60.1 Å². The fourth-order valence-corrected chi connectivity index (χ4v) is 3.29. The number of ether oxygens (including phenoxy) is 1. The van der Waals surface area contributed by atoms with Crippen molar-refractivity contribution in [3.05, 3.63) is 101 Å². The third kappa shape index (κ3) is 6.56. The van der Waals surface area contributed by atoms with Crippen molar-refractivity contribution in [3.8, 4) is 5.75 Å². The number of halogens is 2. The van der Waals surface area contributed by atoms with Gasteiger partial charge in [-0.15, -0.1) is 0 Å². The van der Waals surface area contributed by atoms with Gasteiger partial charge in [0, 0.05) is 18.1 Å². The lowest BCUT2D eigenvalue weighted by molar-refractivity contribution is -0.142. The summed E-state index contributed by atoms with van der Waals surface area (Å²) in [6.45, 7) is 1.79. The molecule has 0 unspecified atom stereocenters. The van der Waals surface area contributed by atoms with E-state index in [0.29, 0.717) is 16.3 Å². The summed E-state index contributed by atoms with van der Waals surface area (Å²) < 4.78 is 18.9. The first-order valence-corrected chi connectivity index (χ1v) is 10.5. The largest absolute Gasteiger partial charge is 0.484 e. The number of rotatable bonds is 9. The quantitative estimate of drug-likeness (QED) is 0.514. The van der Waals surface area contributed by atoms with Crippen molar-refractivity contribution in [3.63, 3.8) is 0 Å². The van der Waals surface area contributed by atoms with Gasteiger partial charge in [0.15, 0.2) is 6.61 Å². The van der Waals surface area contributed by atoms with Gasteiger partial charge in [0.05, 0.1) is 0 Å². The molecule has 3 aromatic rings. The van der Waals surface area contributed by atoms with Gasteiger partial charge in [0.1, 0.15) is 17.6 Å². The maximum atomic E-state index is 13.3. The van der Waals surface area contributed by atoms with Gasteiger partial charge < -0.3 is 15.0 Å². The van der Waals surface area contributed by atoms with E-state index in [4.69, 9.17) is 16.3 Å². The smallest absolute Gasteiger partial charge is 0.261 e. The lowest BCUT2D eigenvalue weighted by Gasteiger charge is -2.28. The Labute approximate surface area is 191 Å². The van der Waals surface area contributed by atoms with E-state index in [1.807, 2.05) is 24.3 Å². The minimum absolute atomic E-state index is 0.137. The molecule has 166 valence electrons. The first-order chi connectivity index (χ1) is 15.4. The average molecular weight is 455 g/mol. The molecule has 0 bridgehead atoms. The first kappa shape index (κ1) is 23.3. The molecule has 0 aromatic heterocycles. The second kappa shape index (κ2) is 11.3. The van der Waals surface area contributed by atoms with Crippen molar-refractivity contribution >= 4 is 23.4 Å². The maximum absolute atomic E-state index is 13.3. The highest BCUT2D eigenvalue weighted by molar-refractivity contribution is 6.31. The fourth-order valence-electron chi connectivity index (χ4n) is 3.09. The van der Waals surface area contributed by atoms with Crippen molar-refractivity contribution in [2.24, 2.45) is 0 Å². The highest BCUT2D eigenvalue weighted by atomic mass is 35.5. The zero-order valence-corrected chi connectivity index (χ0v) is 18.4. The van der Waals surface area contributed by atoms with Crippen LogP contribution in [0.3, 0.4) is 0 Å². The van der Waals surface area contributed by atoms with Crippen LogP contribution in [0.5, 0.6) is 5.75 Å². The predicted molar refractivity (Wildman–Crippen MR) is 122 cm³/mol. The molecule has 2 amide bonds. The normalized spacial score (nSPS) is 11.5. The Bertz CT molecular complexity index is 1040. The van der Waals surface area contributed by atoms with Crippen LogP contribution in [0.2, 0.25) is 5.02 Å². The Hall–Kier alpha value is -3.38. The number of nitrogens with zero attached hydrogens (tertiary/aromatic N) is 1. The van der Waals surface area contributed by atoms with Crippen LogP contribution in [0.15, 0.2) is 78.9 Å². The van der Waals surface area contributed by atoms with Crippen LogP contribution >= 0.6 is 11.6 Å². The number of carbonyl (C=O) groups is 2. The van der Waals surface area contributed by atoms with E-state index in [0.717, 1.165) is 5.56 Å². The van der Waals surface area contributed by atoms with E-state index in [1.54, 1.807) is 49.4 Å². The van der Waals surface area contributed by atoms with Gasteiger partial charge in [-0.3, -0.25) is 9.59 Å². The Morgan fingerprint density at radius 2 is 1.66 bits per heavy atom. The topological polar surface area (TPSA) is 58.6 Å². The molecule has 32 heavy (non-hydrogen) atoms. The standard InChI is InChI=1S/C25H24ClFN2O3/c1-18(25(31)28-15-20-7-5-6-10-23(20)26)29(16-19-11-13-21(27)14-12-19)24(30)17-32-22-8-3-2-4-9-22/h2-14,18H,15-17H2,1H3,(H,28,31)/t18-/m0/s1. The van der Waals surface area contributed by atoms with Crippen LogP contribution < -0.4 is 10.1 Å². The number of hydrogen-bond donors (Lipinski definition) is 1. The molecule has 0 saturated heterocycles. The number of nitrogens with one attached hydrogen (secondary N) is 1. The van der Waals surface area contributed by atoms with Crippen molar-refractivity contribution in [1.82, 2.24) is 10.2 Å². The maximum Gasteiger partial charge on any atom is 0.261 e. The minimum Gasteiger partial charge on any atom is -0.484 e. The van der Waals surface area contributed by atoms with Gasteiger partial charge in [-0.25, -0.2) is 4.39 Å². The van der Waals surface area contributed by atoms with Crippen LogP contribution in [0, 0.1) is 5.82 Å². The Morgan fingerprint density at radius 1 is 1.00 bits per heavy atom. The van der Waals surface area contributed by atoms with E-state index >= 15 is 0 Å². The monoisotopic (exact) mass is 454 g/mol. The molecule has 0 aliphatic carbocycles. The van der Waals surface area contributed by atoms with E-state index < -0.39 is 6.04 Å². The zero-order valence-electron chi connectivity index (χ0n) is 17.6. The molecule has 0 aliphatic rings. The Balaban J connectivity index is 1.70. The summed E-state index contributed by atoms with van der Waals surface area (Å²) in [6, 6.07) is 21.2. The van der Waals surface area contributed by atoms with Gasteiger partial charge in [-0.05, 0) is 48.4 Å². The van der Waals surface area contributed by atoms with E-state index in [1.165, 1.54) is 17.0 Å². The molecule has 3 aromatic carbocycles. The van der Waals surface area contributed by atoms with E-state index in [-0.39, 0.29) is 37.3 Å². The third-order valence-corrected chi connectivity index (χ3v) is 5.32. The van der Waals surface area contributed by atoms with Gasteiger partial charge >= 0.3 is 0 Å². The lowest BCUT2D eigenvalue weighted by Crippen LogP contribution is -2.48. The highest BCUT2D eigenvalue weighted by Crippen LogP contribution is 2.16. The summed E-state index contributed by atoms with van der Waals surface area (Å²) in [5, 5.41) is 3.38. The fraction of sp³-hybridized carbons (Fsp3) is 0.200. The van der Waals surface area contributed by atoms with Crippen molar-refractivity contribution < 1.29 is 18.7 Å². The second-order valence-corrected chi connectivity index (χ2v) is 7.64. The van der Waals surface area contributed by atoms with E-state index in [9.17, 15) is 14.0 Å². The molecule has 0 radical (unpaired) electrons. The summed E-state index contributed by atoms with van der Waals surface area (Å²) in [5.41, 5.74) is 1.48. The average Bonchev–Trinajstić information content (AvgIpc) is 2.81. The second-order valence-electron chi connectivity index (χ2n) is 7.24. The van der Waals surface area contributed by atoms with Crippen LogP contribution in [0.1, 0.15) is 18.1 Å². The van der Waals surface area contributed by atoms with Crippen LogP contribution in [-0.4, -0.2) is 29.4 Å². The van der Waals surface area contributed by atoms with Crippen LogP contribution in [-0.2, 0) is 22.7 Å². The Kier molecular flexibility index (Phi) is 8.22. The molecular weight excluding hydrogens is 431 g/mol. The molecular formula is C25H24ClFN2O3. The van der Waals surface area contributed by atoms with Crippen molar-refractivity contribution in [2.45, 2.75) is 26.1 Å². The lowest BCUT2D eigenvalue weighted by atomic mass is 10.1. The van der Waals surface area contributed by atoms with Gasteiger partial charge in [0.25, 0.3) is 5.91 Å². The summed E-state index contributed by atoms with van der Waals surface area (Å²) in [6.07, 6.45) is 0. The molecule has 7 heteroatoms. The van der Waals surface area contributed by atoms with Crippen LogP contribution in [0.25, 0.3) is 0 Å². The molecule has 3 rings (SSSR count). The molecule has 0 aliphatic heterocycles. The van der Waals surface area contributed by atoms with Gasteiger partial charge in [-0.2, -0.15) is 0 Å². The summed E-state index contributed by atoms with van der Waals surface area (Å²) in [7, 11) is 0. The molecule has 5 nitrogen and oxygen atoms in total. The third-order valence-electron chi connectivity index (χ3n) is 4.95. The van der Waals surface area contributed by atoms with Gasteiger partial charge in [0.2, 0.25) is 5.91 Å². The molecule has 1 N–H and O–H groups in total.